The highest BCUT2D eigenvalue weighted by molar-refractivity contribution is 6.32. The largest absolute Gasteiger partial charge is 0.400 e. The van der Waals surface area contributed by atoms with E-state index in [1.165, 1.54) is 18.0 Å². The quantitative estimate of drug-likeness (QED) is 0.0730. The van der Waals surface area contributed by atoms with E-state index in [4.69, 9.17) is 11.6 Å². The van der Waals surface area contributed by atoms with Crippen molar-refractivity contribution in [2.75, 3.05) is 0 Å². The van der Waals surface area contributed by atoms with E-state index in [0.29, 0.717) is 13.1 Å². The maximum atomic E-state index is 13.1. The van der Waals surface area contributed by atoms with Crippen molar-refractivity contribution in [3.63, 3.8) is 0 Å². The number of nitrogens with one attached hydrogen (secondary N) is 2. The number of carbonyl (C=O) groups is 4. The van der Waals surface area contributed by atoms with Crippen molar-refractivity contribution in [2.24, 2.45) is 16.7 Å². The topological polar surface area (TPSA) is 186 Å². The number of hydrazone groups is 1. The number of hydrogen-bond acceptors (Lipinski definition) is 10. The Morgan fingerprint density at radius 3 is 2.53 bits per heavy atom. The molecule has 220 valence electrons. The number of benzene rings is 2. The van der Waals surface area contributed by atoms with Crippen molar-refractivity contribution in [3.8, 4) is 0 Å². The molecule has 1 aromatic heterocycles. The summed E-state index contributed by atoms with van der Waals surface area (Å²) in [4.78, 5) is 59.1. The van der Waals surface area contributed by atoms with Gasteiger partial charge in [-0.3, -0.25) is 19.2 Å². The molecule has 0 saturated heterocycles. The smallest absolute Gasteiger partial charge is 0.270 e. The first kappa shape index (κ1) is 29.1. The molecular formula is C31H32N8O4. The van der Waals surface area contributed by atoms with Crippen LogP contribution in [0.5, 0.6) is 0 Å². The number of ketones is 1. The SMILES string of the molecule is C/C(N)=C(\C(=O)C=O)N1Cc2ccc(CNC(=O)c3cc(C(=O)NC4CCc5c4ccc(/C=N/N)c5C)ncn3)cc2C1. The van der Waals surface area contributed by atoms with Crippen LogP contribution in [0.4, 0.5) is 0 Å². The summed E-state index contributed by atoms with van der Waals surface area (Å²) < 4.78 is 0. The molecule has 12 nitrogen and oxygen atoms in total. The Balaban J connectivity index is 1.21. The zero-order valence-corrected chi connectivity index (χ0v) is 23.9. The summed E-state index contributed by atoms with van der Waals surface area (Å²) in [7, 11) is 0. The molecule has 2 aromatic carbocycles. The summed E-state index contributed by atoms with van der Waals surface area (Å²) >= 11 is 0. The van der Waals surface area contributed by atoms with Crippen molar-refractivity contribution >= 4 is 30.1 Å². The molecular weight excluding hydrogens is 548 g/mol. The fourth-order valence-corrected chi connectivity index (χ4v) is 5.75. The predicted octanol–water partition coefficient (Wildman–Crippen LogP) is 1.70. The van der Waals surface area contributed by atoms with Crippen LogP contribution in [0.2, 0.25) is 0 Å². The molecule has 1 atom stereocenters. The Hall–Kier alpha value is -5.39. The highest BCUT2D eigenvalue weighted by Crippen LogP contribution is 2.34. The monoisotopic (exact) mass is 580 g/mol. The van der Waals surface area contributed by atoms with Crippen LogP contribution in [0.1, 0.15) is 79.3 Å². The van der Waals surface area contributed by atoms with Gasteiger partial charge in [0.1, 0.15) is 23.4 Å². The number of nitrogens with two attached hydrogens (primary N) is 2. The number of Topliss-reactive ketones (excluding diaryl/α,β-unsaturated/α-hetero) is 1. The fourth-order valence-electron chi connectivity index (χ4n) is 5.75. The lowest BCUT2D eigenvalue weighted by molar-refractivity contribution is -0.128. The normalized spacial score (nSPS) is 16.0. The van der Waals surface area contributed by atoms with E-state index in [-0.39, 0.29) is 41.7 Å². The van der Waals surface area contributed by atoms with Crippen LogP contribution in [0.25, 0.3) is 0 Å². The Morgan fingerprint density at radius 1 is 1.07 bits per heavy atom. The molecule has 0 saturated carbocycles. The van der Waals surface area contributed by atoms with Crippen LogP contribution >= 0.6 is 0 Å². The van der Waals surface area contributed by atoms with Crippen LogP contribution in [-0.4, -0.2) is 45.0 Å². The summed E-state index contributed by atoms with van der Waals surface area (Å²) in [5.41, 5.74) is 13.6. The number of amides is 2. The van der Waals surface area contributed by atoms with Crippen LogP contribution in [0, 0.1) is 6.92 Å². The third-order valence-electron chi connectivity index (χ3n) is 7.86. The summed E-state index contributed by atoms with van der Waals surface area (Å²) in [6.07, 6.45) is 4.65. The van der Waals surface area contributed by atoms with Gasteiger partial charge in [0.25, 0.3) is 11.8 Å². The molecule has 3 aromatic rings. The first-order valence-corrected chi connectivity index (χ1v) is 13.8. The predicted molar refractivity (Wildman–Crippen MR) is 158 cm³/mol. The lowest BCUT2D eigenvalue weighted by Gasteiger charge is -2.20. The maximum absolute atomic E-state index is 13.1. The van der Waals surface area contributed by atoms with E-state index < -0.39 is 17.6 Å². The zero-order chi connectivity index (χ0) is 30.7. The van der Waals surface area contributed by atoms with Crippen LogP contribution < -0.4 is 22.2 Å². The van der Waals surface area contributed by atoms with E-state index in [2.05, 4.69) is 25.7 Å². The minimum Gasteiger partial charge on any atom is -0.400 e. The molecule has 0 spiro atoms. The first-order valence-electron chi connectivity index (χ1n) is 13.8. The van der Waals surface area contributed by atoms with Gasteiger partial charge in [0.2, 0.25) is 5.78 Å². The van der Waals surface area contributed by atoms with E-state index in [0.717, 1.165) is 46.2 Å². The number of allylic oxidation sites excluding steroid dienone is 2. The number of aldehydes is 1. The number of rotatable bonds is 9. The second-order valence-electron chi connectivity index (χ2n) is 10.6. The number of carbonyl (C=O) groups excluding carboxylic acids is 4. The average molecular weight is 581 g/mol. The number of hydrogen-bond donors (Lipinski definition) is 4. The number of fused-ring (bicyclic) bond motifs is 2. The fraction of sp³-hybridized carbons (Fsp3) is 0.258. The van der Waals surface area contributed by atoms with Gasteiger partial charge in [0.05, 0.1) is 12.3 Å². The van der Waals surface area contributed by atoms with Crippen molar-refractivity contribution < 1.29 is 19.2 Å². The van der Waals surface area contributed by atoms with Gasteiger partial charge in [-0.25, -0.2) is 9.97 Å². The molecule has 2 heterocycles. The van der Waals surface area contributed by atoms with Gasteiger partial charge in [-0.05, 0) is 65.6 Å². The van der Waals surface area contributed by atoms with Crippen LogP contribution in [0.3, 0.4) is 0 Å². The zero-order valence-electron chi connectivity index (χ0n) is 23.9. The molecule has 6 N–H and O–H groups in total. The van der Waals surface area contributed by atoms with E-state index in [1.54, 1.807) is 18.0 Å². The van der Waals surface area contributed by atoms with Gasteiger partial charge < -0.3 is 27.1 Å². The average Bonchev–Trinajstić information content (AvgIpc) is 3.61. The summed E-state index contributed by atoms with van der Waals surface area (Å²) in [5, 5.41) is 9.49. The molecule has 2 aliphatic rings. The molecule has 1 aliphatic heterocycles. The summed E-state index contributed by atoms with van der Waals surface area (Å²) in [6, 6.07) is 10.9. The maximum Gasteiger partial charge on any atom is 0.270 e. The number of nitrogens with zero attached hydrogens (tertiary/aromatic N) is 4. The molecule has 12 heteroatoms. The van der Waals surface area contributed by atoms with Crippen molar-refractivity contribution in [1.82, 2.24) is 25.5 Å². The van der Waals surface area contributed by atoms with Gasteiger partial charge in [0, 0.05) is 31.4 Å². The van der Waals surface area contributed by atoms with Gasteiger partial charge in [-0.2, -0.15) is 5.10 Å². The van der Waals surface area contributed by atoms with Crippen molar-refractivity contribution in [3.05, 3.63) is 104 Å². The standard InChI is InChI=1S/C31H32N8O4/c1-17-20(12-37-33)5-6-24-23(17)7-8-25(24)38-31(43)27-10-26(35-16-36-27)30(42)34-11-19-3-4-21-13-39(14-22(21)9-19)29(18(2)32)28(41)15-40/h3-6,9-10,12,15-16,25H,7-8,11,13-14,32-33H2,1-2H3,(H,34,42)(H,38,43)/b29-18-,37-12+. The van der Waals surface area contributed by atoms with Crippen LogP contribution in [0.15, 0.2) is 59.2 Å². The van der Waals surface area contributed by atoms with Crippen molar-refractivity contribution in [1.29, 1.82) is 0 Å². The molecule has 0 radical (unpaired) electrons. The second kappa shape index (κ2) is 12.2. The highest BCUT2D eigenvalue weighted by atomic mass is 16.2. The summed E-state index contributed by atoms with van der Waals surface area (Å²) in [5.74, 6) is 3.82. The Labute approximate surface area is 248 Å². The minimum atomic E-state index is -0.659. The Morgan fingerprint density at radius 2 is 1.81 bits per heavy atom. The van der Waals surface area contributed by atoms with E-state index in [9.17, 15) is 19.2 Å². The van der Waals surface area contributed by atoms with Gasteiger partial charge in [-0.15, -0.1) is 0 Å². The molecule has 1 aliphatic carbocycles. The van der Waals surface area contributed by atoms with E-state index in [1.807, 2.05) is 37.3 Å². The molecule has 5 rings (SSSR count). The van der Waals surface area contributed by atoms with Crippen LogP contribution in [-0.2, 0) is 35.6 Å². The van der Waals surface area contributed by atoms with Gasteiger partial charge in [-0.1, -0.05) is 30.3 Å². The molecule has 2 amide bonds. The number of aromatic nitrogens is 2. The molecule has 0 fully saturated rings. The molecule has 0 bridgehead atoms. The molecule has 1 unspecified atom stereocenters. The van der Waals surface area contributed by atoms with Crippen molar-refractivity contribution in [2.45, 2.75) is 52.4 Å². The Kier molecular flexibility index (Phi) is 8.28. The lowest BCUT2D eigenvalue weighted by Crippen LogP contribution is -2.29. The molecule has 43 heavy (non-hydrogen) atoms. The minimum absolute atomic E-state index is 0.0708. The lowest BCUT2D eigenvalue weighted by atomic mass is 9.98. The van der Waals surface area contributed by atoms with Gasteiger partial charge in [0.15, 0.2) is 6.29 Å². The third kappa shape index (κ3) is 5.98. The Bertz CT molecular complexity index is 1690. The second-order valence-corrected chi connectivity index (χ2v) is 10.6. The first-order chi connectivity index (χ1) is 20.7. The van der Waals surface area contributed by atoms with E-state index >= 15 is 0 Å². The highest BCUT2D eigenvalue weighted by Gasteiger charge is 2.28. The third-order valence-corrected chi connectivity index (χ3v) is 7.86. The van der Waals surface area contributed by atoms with Gasteiger partial charge >= 0.3 is 0 Å². The summed E-state index contributed by atoms with van der Waals surface area (Å²) in [6.45, 7) is 4.69.